The van der Waals surface area contributed by atoms with Crippen LogP contribution in [0.2, 0.25) is 82.9 Å². The van der Waals surface area contributed by atoms with E-state index >= 15 is 0 Å². The summed E-state index contributed by atoms with van der Waals surface area (Å²) in [5.74, 6) is 0. The van der Waals surface area contributed by atoms with Crippen molar-refractivity contribution < 1.29 is 0 Å². The van der Waals surface area contributed by atoms with Crippen molar-refractivity contribution in [3.63, 3.8) is 0 Å². The van der Waals surface area contributed by atoms with E-state index < -0.39 is 51.9 Å². The Bertz CT molecular complexity index is 898. The molecule has 2 saturated heterocycles. The van der Waals surface area contributed by atoms with Crippen LogP contribution >= 0.6 is 0 Å². The van der Waals surface area contributed by atoms with Crippen LogP contribution in [0.4, 0.5) is 0 Å². The first kappa shape index (κ1) is 29.9. The topological polar surface area (TPSA) is 6.48 Å². The standard InChI is InChI=1S/C15H21B.2C6H16NSi2.Sn/c1-6-10-14(5)13-16(12-8-3)15(9-4)11-7-2;2*1-8(2)5-6-9(3,4)7-8;/h6-8H,1-3,10-12H2,4-5H3;2*5-6H2,1-4H3;/q;2*-1;+2. The summed E-state index contributed by atoms with van der Waals surface area (Å²) in [6.07, 6.45) is 9.75. The minimum atomic E-state index is -3.48. The van der Waals surface area contributed by atoms with E-state index in [2.05, 4.69) is 109 Å². The van der Waals surface area contributed by atoms with E-state index in [-0.39, 0.29) is 0 Å². The summed E-state index contributed by atoms with van der Waals surface area (Å²) in [6.45, 7) is 40.4. The summed E-state index contributed by atoms with van der Waals surface area (Å²) in [7, 11) is -6.19. The molecule has 3 aliphatic heterocycles. The van der Waals surface area contributed by atoms with Crippen molar-refractivity contribution in [2.45, 2.75) is 110 Å². The van der Waals surface area contributed by atoms with Gasteiger partial charge in [-0.05, 0) is 0 Å². The molecule has 3 heterocycles. The Labute approximate surface area is 227 Å². The summed E-state index contributed by atoms with van der Waals surface area (Å²) in [6, 6.07) is 5.97. The van der Waals surface area contributed by atoms with Gasteiger partial charge in [0, 0.05) is 0 Å². The van der Waals surface area contributed by atoms with Gasteiger partial charge in [-0.1, -0.05) is 0 Å². The molecule has 0 N–H and O–H groups in total. The van der Waals surface area contributed by atoms with Gasteiger partial charge in [-0.2, -0.15) is 0 Å². The number of nitrogens with zero attached hydrogens (tertiary/aromatic N) is 2. The van der Waals surface area contributed by atoms with E-state index in [9.17, 15) is 0 Å². The summed E-state index contributed by atoms with van der Waals surface area (Å²) >= 11 is -3.48. The molecule has 2 nitrogen and oxygen atoms in total. The second kappa shape index (κ2) is 10.2. The van der Waals surface area contributed by atoms with E-state index in [1.165, 1.54) is 24.2 Å². The molecule has 0 spiro atoms. The van der Waals surface area contributed by atoms with Crippen molar-refractivity contribution in [3.05, 3.63) is 56.1 Å². The fourth-order valence-corrected chi connectivity index (χ4v) is 95.5. The maximum absolute atomic E-state index is 4.28. The third-order valence-electron chi connectivity index (χ3n) is 9.59. The van der Waals surface area contributed by atoms with E-state index in [0.29, 0.717) is 6.71 Å². The van der Waals surface area contributed by atoms with Crippen molar-refractivity contribution in [2.24, 2.45) is 0 Å². The van der Waals surface area contributed by atoms with Crippen molar-refractivity contribution in [3.8, 4) is 0 Å². The van der Waals surface area contributed by atoms with Gasteiger partial charge in [-0.3, -0.25) is 0 Å². The van der Waals surface area contributed by atoms with Gasteiger partial charge in [0.1, 0.15) is 0 Å². The first-order chi connectivity index (χ1) is 16.1. The molecule has 0 radical (unpaired) electrons. The first-order valence-electron chi connectivity index (χ1n) is 13.9. The SMILES string of the molecule is C=CCB1C(CC=C)=[C](C)[Sn]([N]2[Si](C)(C)CC[Si]2(C)C)([N]2[Si](C)(C)CC[Si]2(C)C)/[C]1=C(\C)CC=C. The molecule has 0 amide bonds. The number of hydrogen-bond acceptors (Lipinski definition) is 2. The predicted octanol–water partition coefficient (Wildman–Crippen LogP) is 8.52. The number of hydrogen-bond donors (Lipinski definition) is 0. The molecule has 0 aromatic heterocycles. The third-order valence-corrected chi connectivity index (χ3v) is 70.0. The average molecular weight is 648 g/mol. The molecule has 0 unspecified atom stereocenters. The zero-order chi connectivity index (χ0) is 26.6. The minimum absolute atomic E-state index is 0.534. The second-order valence-electron chi connectivity index (χ2n) is 14.0. The van der Waals surface area contributed by atoms with Crippen molar-refractivity contribution in [2.75, 3.05) is 0 Å². The monoisotopic (exact) mass is 648 g/mol. The quantitative estimate of drug-likeness (QED) is 0.193. The van der Waals surface area contributed by atoms with E-state index in [0.717, 1.165) is 19.2 Å². The number of rotatable bonds is 8. The fourth-order valence-electron chi connectivity index (χ4n) is 8.64. The Morgan fingerprint density at radius 1 is 0.800 bits per heavy atom. The van der Waals surface area contributed by atoms with Crippen LogP contribution in [0.1, 0.15) is 26.7 Å². The molecule has 3 aliphatic rings. The van der Waals surface area contributed by atoms with E-state index in [1.807, 2.05) is 7.08 Å². The van der Waals surface area contributed by atoms with E-state index in [1.54, 1.807) is 11.0 Å². The molecule has 0 atom stereocenters. The summed E-state index contributed by atoms with van der Waals surface area (Å²) in [4.78, 5) is 0. The Morgan fingerprint density at radius 2 is 1.23 bits per heavy atom. The van der Waals surface area contributed by atoms with Gasteiger partial charge in [0.25, 0.3) is 0 Å². The van der Waals surface area contributed by atoms with Gasteiger partial charge in [0.2, 0.25) is 0 Å². The van der Waals surface area contributed by atoms with Crippen molar-refractivity contribution in [1.82, 2.24) is 4.91 Å². The summed E-state index contributed by atoms with van der Waals surface area (Å²) in [5, 5.41) is 0. The molecule has 3 rings (SSSR count). The molecule has 0 aromatic rings. The predicted molar refractivity (Wildman–Crippen MR) is 174 cm³/mol. The molecule has 0 aromatic carbocycles. The average Bonchev–Trinajstić information content (AvgIpc) is 3.19. The molecular formula is C27H53BN2Si4Sn. The maximum atomic E-state index is 4.28. The van der Waals surface area contributed by atoms with Crippen LogP contribution in [0.5, 0.6) is 0 Å². The van der Waals surface area contributed by atoms with Gasteiger partial charge in [-0.15, -0.1) is 0 Å². The second-order valence-corrected chi connectivity index (χ2v) is 48.4. The van der Waals surface area contributed by atoms with Gasteiger partial charge in [-0.25, -0.2) is 0 Å². The van der Waals surface area contributed by atoms with Crippen LogP contribution in [0.15, 0.2) is 56.1 Å². The summed E-state index contributed by atoms with van der Waals surface area (Å²) in [5.41, 5.74) is 3.39. The molecule has 0 aliphatic carbocycles. The van der Waals surface area contributed by atoms with Gasteiger partial charge in [0.15, 0.2) is 0 Å². The molecular weight excluding hydrogens is 594 g/mol. The zero-order valence-corrected chi connectivity index (χ0v) is 31.6. The number of allylic oxidation sites excluding steroid dienone is 6. The third kappa shape index (κ3) is 4.71. The van der Waals surface area contributed by atoms with Gasteiger partial charge < -0.3 is 0 Å². The van der Waals surface area contributed by atoms with E-state index in [4.69, 9.17) is 0 Å². The Kier molecular flexibility index (Phi) is 8.67. The van der Waals surface area contributed by atoms with Crippen LogP contribution in [0.3, 0.4) is 0 Å². The Balaban J connectivity index is 2.59. The molecule has 0 bridgehead atoms. The molecule has 35 heavy (non-hydrogen) atoms. The van der Waals surface area contributed by atoms with Crippen LogP contribution in [0, 0.1) is 0 Å². The van der Waals surface area contributed by atoms with Crippen molar-refractivity contribution >= 4 is 58.6 Å². The summed E-state index contributed by atoms with van der Waals surface area (Å²) < 4.78 is 10.9. The van der Waals surface area contributed by atoms with Crippen LogP contribution in [0.25, 0.3) is 0 Å². The van der Waals surface area contributed by atoms with Crippen LogP contribution in [-0.4, -0.2) is 63.5 Å². The zero-order valence-electron chi connectivity index (χ0n) is 24.8. The Morgan fingerprint density at radius 3 is 1.57 bits per heavy atom. The fraction of sp³-hybridized carbons (Fsp3) is 0.630. The normalized spacial score (nSPS) is 28.5. The van der Waals surface area contributed by atoms with Crippen LogP contribution in [-0.2, 0) is 0 Å². The molecule has 2 fully saturated rings. The van der Waals surface area contributed by atoms with Crippen molar-refractivity contribution in [1.29, 1.82) is 0 Å². The molecule has 8 heteroatoms. The Hall–Kier alpha value is 0.351. The molecule has 0 saturated carbocycles. The molecule has 194 valence electrons. The van der Waals surface area contributed by atoms with Gasteiger partial charge in [0.05, 0.1) is 0 Å². The first-order valence-corrected chi connectivity index (χ1v) is 31.9. The van der Waals surface area contributed by atoms with Gasteiger partial charge >= 0.3 is 229 Å². The van der Waals surface area contributed by atoms with Crippen LogP contribution < -0.4 is 0 Å².